The van der Waals surface area contributed by atoms with E-state index in [4.69, 9.17) is 14.7 Å². The molecule has 2 aromatic carbocycles. The van der Waals surface area contributed by atoms with Gasteiger partial charge in [0, 0.05) is 12.2 Å². The smallest absolute Gasteiger partial charge is 0.255 e. The van der Waals surface area contributed by atoms with Crippen LogP contribution in [-0.2, 0) is 4.74 Å². The number of carbonyl (C=O) groups is 1. The van der Waals surface area contributed by atoms with Crippen LogP contribution in [0.15, 0.2) is 42.5 Å². The number of nitrogens with one attached hydrogen (secondary N) is 1. The highest BCUT2D eigenvalue weighted by Gasteiger charge is 2.17. The Morgan fingerprint density at radius 1 is 1.36 bits per heavy atom. The largest absolute Gasteiger partial charge is 0.489 e. The van der Waals surface area contributed by atoms with Crippen molar-refractivity contribution >= 4 is 11.6 Å². The van der Waals surface area contributed by atoms with Crippen LogP contribution in [0.25, 0.3) is 0 Å². The van der Waals surface area contributed by atoms with E-state index >= 15 is 0 Å². The molecule has 0 spiro atoms. The van der Waals surface area contributed by atoms with Crippen LogP contribution in [0.5, 0.6) is 5.75 Å². The summed E-state index contributed by atoms with van der Waals surface area (Å²) in [6.07, 6.45) is 2.03. The summed E-state index contributed by atoms with van der Waals surface area (Å²) in [5, 5.41) is 11.6. The molecule has 1 atom stereocenters. The van der Waals surface area contributed by atoms with Gasteiger partial charge < -0.3 is 14.8 Å². The Kier molecular flexibility index (Phi) is 5.26. The molecule has 0 aliphatic carbocycles. The van der Waals surface area contributed by atoms with Gasteiger partial charge in [0.25, 0.3) is 5.91 Å². The van der Waals surface area contributed by atoms with Crippen LogP contribution in [0, 0.1) is 17.1 Å². The first-order valence-electron chi connectivity index (χ1n) is 8.01. The number of anilines is 1. The molecule has 0 radical (unpaired) electrons. The van der Waals surface area contributed by atoms with Gasteiger partial charge in [-0.2, -0.15) is 5.26 Å². The molecule has 1 heterocycles. The highest BCUT2D eigenvalue weighted by atomic mass is 19.1. The number of para-hydroxylation sites is 2. The van der Waals surface area contributed by atoms with Crippen molar-refractivity contribution in [1.29, 1.82) is 5.26 Å². The van der Waals surface area contributed by atoms with Crippen LogP contribution in [0.3, 0.4) is 0 Å². The summed E-state index contributed by atoms with van der Waals surface area (Å²) in [4.78, 5) is 12.4. The van der Waals surface area contributed by atoms with E-state index in [2.05, 4.69) is 5.32 Å². The minimum Gasteiger partial charge on any atom is -0.489 e. The number of benzene rings is 2. The van der Waals surface area contributed by atoms with E-state index in [-0.39, 0.29) is 17.2 Å². The van der Waals surface area contributed by atoms with Gasteiger partial charge in [-0.25, -0.2) is 4.39 Å². The van der Waals surface area contributed by atoms with Crippen molar-refractivity contribution in [1.82, 2.24) is 0 Å². The van der Waals surface area contributed by atoms with Crippen LogP contribution in [0.1, 0.15) is 28.8 Å². The highest BCUT2D eigenvalue weighted by Crippen LogP contribution is 2.26. The fraction of sp³-hybridized carbons (Fsp3) is 0.263. The second kappa shape index (κ2) is 7.77. The normalized spacial score (nSPS) is 16.2. The molecule has 2 aromatic rings. The Balaban J connectivity index is 1.73. The van der Waals surface area contributed by atoms with E-state index in [1.54, 1.807) is 24.3 Å². The van der Waals surface area contributed by atoms with Gasteiger partial charge in [-0.05, 0) is 43.2 Å². The first kappa shape index (κ1) is 16.9. The number of rotatable bonds is 5. The third-order valence-electron chi connectivity index (χ3n) is 3.87. The zero-order valence-corrected chi connectivity index (χ0v) is 13.5. The average Bonchev–Trinajstić information content (AvgIpc) is 3.14. The first-order valence-corrected chi connectivity index (χ1v) is 8.01. The SMILES string of the molecule is N#Cc1cc(F)cc(C(=O)Nc2ccccc2OCC2CCCO2)c1. The number of carbonyl (C=O) groups excluding carboxylic acids is 1. The number of halogens is 1. The maximum atomic E-state index is 13.5. The van der Waals surface area contributed by atoms with E-state index in [1.165, 1.54) is 6.07 Å². The molecule has 1 aliphatic heterocycles. The van der Waals surface area contributed by atoms with Crippen molar-refractivity contribution < 1.29 is 18.7 Å². The van der Waals surface area contributed by atoms with Crippen LogP contribution in [0.4, 0.5) is 10.1 Å². The van der Waals surface area contributed by atoms with Crippen LogP contribution in [0.2, 0.25) is 0 Å². The zero-order chi connectivity index (χ0) is 17.6. The van der Waals surface area contributed by atoms with Gasteiger partial charge in [-0.15, -0.1) is 0 Å². The molecule has 1 aliphatic rings. The third-order valence-corrected chi connectivity index (χ3v) is 3.87. The van der Waals surface area contributed by atoms with E-state index in [9.17, 15) is 9.18 Å². The van der Waals surface area contributed by atoms with E-state index in [1.807, 2.05) is 6.07 Å². The van der Waals surface area contributed by atoms with Gasteiger partial charge >= 0.3 is 0 Å². The lowest BCUT2D eigenvalue weighted by atomic mass is 10.1. The molecule has 1 unspecified atom stereocenters. The molecule has 1 amide bonds. The predicted octanol–water partition coefficient (Wildman–Crippen LogP) is 3.51. The standard InChI is InChI=1S/C19H17FN2O3/c20-15-9-13(11-21)8-14(10-15)19(23)22-17-5-1-2-6-18(17)25-12-16-4-3-7-24-16/h1-2,5-6,8-10,16H,3-4,7,12H2,(H,22,23). The molecular formula is C19H17FN2O3. The van der Waals surface area contributed by atoms with Crippen molar-refractivity contribution in [2.75, 3.05) is 18.5 Å². The fourth-order valence-corrected chi connectivity index (χ4v) is 2.63. The number of amides is 1. The molecule has 128 valence electrons. The summed E-state index contributed by atoms with van der Waals surface area (Å²) in [5.41, 5.74) is 0.645. The molecule has 1 fully saturated rings. The molecule has 1 N–H and O–H groups in total. The number of hydrogen-bond donors (Lipinski definition) is 1. The monoisotopic (exact) mass is 340 g/mol. The molecule has 0 saturated carbocycles. The molecule has 25 heavy (non-hydrogen) atoms. The summed E-state index contributed by atoms with van der Waals surface area (Å²) >= 11 is 0. The number of nitrogens with zero attached hydrogens (tertiary/aromatic N) is 1. The van der Waals surface area contributed by atoms with Crippen LogP contribution in [-0.4, -0.2) is 25.2 Å². The van der Waals surface area contributed by atoms with Crippen molar-refractivity contribution in [3.8, 4) is 11.8 Å². The van der Waals surface area contributed by atoms with Crippen molar-refractivity contribution in [2.45, 2.75) is 18.9 Å². The van der Waals surface area contributed by atoms with E-state index in [0.717, 1.165) is 31.6 Å². The Bertz CT molecular complexity index is 811. The highest BCUT2D eigenvalue weighted by molar-refractivity contribution is 6.05. The quantitative estimate of drug-likeness (QED) is 0.904. The summed E-state index contributed by atoms with van der Waals surface area (Å²) in [7, 11) is 0. The lowest BCUT2D eigenvalue weighted by molar-refractivity contribution is 0.0682. The van der Waals surface area contributed by atoms with Gasteiger partial charge in [0.15, 0.2) is 0 Å². The minimum absolute atomic E-state index is 0.0603. The molecule has 0 bridgehead atoms. The number of hydrogen-bond acceptors (Lipinski definition) is 4. The summed E-state index contributed by atoms with van der Waals surface area (Å²) in [6.45, 7) is 1.15. The lowest BCUT2D eigenvalue weighted by Crippen LogP contribution is -2.18. The van der Waals surface area contributed by atoms with E-state index < -0.39 is 11.7 Å². The number of nitriles is 1. The molecule has 1 saturated heterocycles. The number of ether oxygens (including phenoxy) is 2. The Morgan fingerprint density at radius 3 is 2.96 bits per heavy atom. The lowest BCUT2D eigenvalue weighted by Gasteiger charge is -2.15. The van der Waals surface area contributed by atoms with Crippen molar-refractivity contribution in [3.05, 3.63) is 59.4 Å². The van der Waals surface area contributed by atoms with Crippen LogP contribution >= 0.6 is 0 Å². The molecule has 3 rings (SSSR count). The maximum Gasteiger partial charge on any atom is 0.255 e. The Morgan fingerprint density at radius 2 is 2.20 bits per heavy atom. The van der Waals surface area contributed by atoms with Crippen molar-refractivity contribution in [3.63, 3.8) is 0 Å². The van der Waals surface area contributed by atoms with Gasteiger partial charge in [0.1, 0.15) is 18.2 Å². The van der Waals surface area contributed by atoms with Gasteiger partial charge in [0.05, 0.1) is 23.4 Å². The average molecular weight is 340 g/mol. The molecular weight excluding hydrogens is 323 g/mol. The third kappa shape index (κ3) is 4.34. The van der Waals surface area contributed by atoms with Gasteiger partial charge in [-0.1, -0.05) is 12.1 Å². The van der Waals surface area contributed by atoms with Crippen molar-refractivity contribution in [2.24, 2.45) is 0 Å². The maximum absolute atomic E-state index is 13.5. The molecule has 6 heteroatoms. The summed E-state index contributed by atoms with van der Waals surface area (Å²) in [6, 6.07) is 12.4. The topological polar surface area (TPSA) is 71.4 Å². The summed E-state index contributed by atoms with van der Waals surface area (Å²) < 4.78 is 24.8. The summed E-state index contributed by atoms with van der Waals surface area (Å²) in [5.74, 6) is -0.625. The van der Waals surface area contributed by atoms with Crippen LogP contribution < -0.4 is 10.1 Å². The molecule has 0 aromatic heterocycles. The Hall–Kier alpha value is -2.91. The second-order valence-electron chi connectivity index (χ2n) is 5.74. The minimum atomic E-state index is -0.632. The van der Waals surface area contributed by atoms with Gasteiger partial charge in [0.2, 0.25) is 0 Å². The molecule has 5 nitrogen and oxygen atoms in total. The Labute approximate surface area is 145 Å². The second-order valence-corrected chi connectivity index (χ2v) is 5.74. The predicted molar refractivity (Wildman–Crippen MR) is 90.0 cm³/mol. The van der Waals surface area contributed by atoms with Gasteiger partial charge in [-0.3, -0.25) is 4.79 Å². The first-order chi connectivity index (χ1) is 12.2. The fourth-order valence-electron chi connectivity index (χ4n) is 2.63. The van der Waals surface area contributed by atoms with E-state index in [0.29, 0.717) is 18.0 Å². The zero-order valence-electron chi connectivity index (χ0n) is 13.5.